The SMILES string of the molecule is Cc1ccc(NC(=O)C(=O)NCCNS(=O)(=O)Cc2ccccc2)cc1. The molecule has 2 rings (SSSR count). The van der Waals surface area contributed by atoms with Crippen LogP contribution in [0.5, 0.6) is 0 Å². The van der Waals surface area contributed by atoms with E-state index in [0.717, 1.165) is 5.56 Å². The molecular weight excluding hydrogens is 354 g/mol. The lowest BCUT2D eigenvalue weighted by atomic mass is 10.2. The number of carbonyl (C=O) groups is 2. The fourth-order valence-electron chi connectivity index (χ4n) is 2.13. The third-order valence-electron chi connectivity index (χ3n) is 3.45. The highest BCUT2D eigenvalue weighted by Crippen LogP contribution is 2.08. The number of anilines is 1. The van der Waals surface area contributed by atoms with E-state index in [2.05, 4.69) is 15.4 Å². The molecule has 0 aliphatic rings. The van der Waals surface area contributed by atoms with Crippen molar-refractivity contribution in [2.45, 2.75) is 12.7 Å². The van der Waals surface area contributed by atoms with Gasteiger partial charge in [-0.15, -0.1) is 0 Å². The molecule has 0 spiro atoms. The topological polar surface area (TPSA) is 104 Å². The summed E-state index contributed by atoms with van der Waals surface area (Å²) in [6.07, 6.45) is 0. The van der Waals surface area contributed by atoms with Crippen molar-refractivity contribution in [3.63, 3.8) is 0 Å². The van der Waals surface area contributed by atoms with Crippen molar-refractivity contribution < 1.29 is 18.0 Å². The Morgan fingerprint density at radius 1 is 0.885 bits per heavy atom. The molecule has 0 atom stereocenters. The minimum atomic E-state index is -3.51. The monoisotopic (exact) mass is 375 g/mol. The number of hydrogen-bond acceptors (Lipinski definition) is 4. The van der Waals surface area contributed by atoms with Gasteiger partial charge in [-0.3, -0.25) is 9.59 Å². The average Bonchev–Trinajstić information content (AvgIpc) is 2.61. The third kappa shape index (κ3) is 6.66. The van der Waals surface area contributed by atoms with Gasteiger partial charge >= 0.3 is 11.8 Å². The van der Waals surface area contributed by atoms with Gasteiger partial charge in [0.2, 0.25) is 10.0 Å². The second-order valence-corrected chi connectivity index (χ2v) is 7.52. The molecule has 0 aliphatic heterocycles. The first kappa shape index (κ1) is 19.6. The van der Waals surface area contributed by atoms with E-state index in [9.17, 15) is 18.0 Å². The minimum Gasteiger partial charge on any atom is -0.347 e. The molecule has 0 radical (unpaired) electrons. The van der Waals surface area contributed by atoms with Gasteiger partial charge in [0.1, 0.15) is 0 Å². The van der Waals surface area contributed by atoms with Crippen LogP contribution in [0.3, 0.4) is 0 Å². The van der Waals surface area contributed by atoms with Crippen molar-refractivity contribution in [1.82, 2.24) is 10.0 Å². The Kier molecular flexibility index (Phi) is 6.88. The highest BCUT2D eigenvalue weighted by Gasteiger charge is 2.14. The van der Waals surface area contributed by atoms with Crippen LogP contribution in [0.25, 0.3) is 0 Å². The zero-order chi connectivity index (χ0) is 19.0. The first-order valence-corrected chi connectivity index (χ1v) is 9.68. The number of rotatable bonds is 7. The number of amides is 2. The normalized spacial score (nSPS) is 11.0. The number of benzene rings is 2. The molecule has 2 aromatic rings. The Hall–Kier alpha value is -2.71. The van der Waals surface area contributed by atoms with Crippen molar-refractivity contribution in [3.05, 3.63) is 65.7 Å². The highest BCUT2D eigenvalue weighted by molar-refractivity contribution is 7.88. The summed E-state index contributed by atoms with van der Waals surface area (Å²) < 4.78 is 26.3. The van der Waals surface area contributed by atoms with Crippen molar-refractivity contribution in [1.29, 1.82) is 0 Å². The molecule has 7 nitrogen and oxygen atoms in total. The summed E-state index contributed by atoms with van der Waals surface area (Å²) in [5.74, 6) is -1.77. The number of aryl methyl sites for hydroxylation is 1. The molecule has 2 amide bonds. The van der Waals surface area contributed by atoms with Gasteiger partial charge in [-0.25, -0.2) is 13.1 Å². The fourth-order valence-corrected chi connectivity index (χ4v) is 3.28. The predicted octanol–water partition coefficient (Wildman–Crippen LogP) is 1.17. The van der Waals surface area contributed by atoms with E-state index in [1.165, 1.54) is 0 Å². The van der Waals surface area contributed by atoms with E-state index < -0.39 is 21.8 Å². The summed E-state index contributed by atoms with van der Waals surface area (Å²) in [7, 11) is -3.51. The Morgan fingerprint density at radius 3 is 2.19 bits per heavy atom. The molecule has 26 heavy (non-hydrogen) atoms. The van der Waals surface area contributed by atoms with Gasteiger partial charge in [0.15, 0.2) is 0 Å². The Labute approximate surface area is 152 Å². The smallest absolute Gasteiger partial charge is 0.313 e. The van der Waals surface area contributed by atoms with E-state index in [4.69, 9.17) is 0 Å². The summed E-state index contributed by atoms with van der Waals surface area (Å²) in [5.41, 5.74) is 2.22. The molecule has 0 aromatic heterocycles. The number of sulfonamides is 1. The highest BCUT2D eigenvalue weighted by atomic mass is 32.2. The van der Waals surface area contributed by atoms with Crippen molar-refractivity contribution in [2.24, 2.45) is 0 Å². The third-order valence-corrected chi connectivity index (χ3v) is 4.81. The molecule has 0 heterocycles. The van der Waals surface area contributed by atoms with Gasteiger partial charge in [0.25, 0.3) is 0 Å². The first-order chi connectivity index (χ1) is 12.4. The quantitative estimate of drug-likeness (QED) is 0.499. The van der Waals surface area contributed by atoms with Gasteiger partial charge in [-0.1, -0.05) is 48.0 Å². The lowest BCUT2D eigenvalue weighted by Crippen LogP contribution is -2.40. The summed E-state index contributed by atoms with van der Waals surface area (Å²) in [5, 5.41) is 4.84. The van der Waals surface area contributed by atoms with E-state index in [-0.39, 0.29) is 18.8 Å². The average molecular weight is 375 g/mol. The number of nitrogens with one attached hydrogen (secondary N) is 3. The van der Waals surface area contributed by atoms with Crippen LogP contribution in [-0.4, -0.2) is 33.3 Å². The Balaban J connectivity index is 1.72. The van der Waals surface area contributed by atoms with E-state index in [1.807, 2.05) is 19.1 Å². The van der Waals surface area contributed by atoms with Crippen LogP contribution in [0.1, 0.15) is 11.1 Å². The lowest BCUT2D eigenvalue weighted by molar-refractivity contribution is -0.136. The van der Waals surface area contributed by atoms with Crippen molar-refractivity contribution in [3.8, 4) is 0 Å². The maximum Gasteiger partial charge on any atom is 0.313 e. The Morgan fingerprint density at radius 2 is 1.54 bits per heavy atom. The zero-order valence-corrected chi connectivity index (χ0v) is 15.2. The molecule has 0 saturated heterocycles. The predicted molar refractivity (Wildman–Crippen MR) is 99.9 cm³/mol. The summed E-state index contributed by atoms with van der Waals surface area (Å²) in [6, 6.07) is 15.8. The molecule has 138 valence electrons. The van der Waals surface area contributed by atoms with Crippen LogP contribution in [0.15, 0.2) is 54.6 Å². The van der Waals surface area contributed by atoms with Crippen LogP contribution >= 0.6 is 0 Å². The molecule has 8 heteroatoms. The van der Waals surface area contributed by atoms with Crippen LogP contribution in [0, 0.1) is 6.92 Å². The molecule has 0 aliphatic carbocycles. The van der Waals surface area contributed by atoms with Gasteiger partial charge in [0, 0.05) is 18.8 Å². The Bertz CT molecular complexity index is 850. The summed E-state index contributed by atoms with van der Waals surface area (Å²) >= 11 is 0. The standard InChI is InChI=1S/C18H21N3O4S/c1-14-7-9-16(10-8-14)21-18(23)17(22)19-11-12-20-26(24,25)13-15-5-3-2-4-6-15/h2-10,20H,11-13H2,1H3,(H,19,22)(H,21,23). The first-order valence-electron chi connectivity index (χ1n) is 8.03. The van der Waals surface area contributed by atoms with Crippen LogP contribution in [-0.2, 0) is 25.4 Å². The molecule has 0 fully saturated rings. The summed E-state index contributed by atoms with van der Waals surface area (Å²) in [4.78, 5) is 23.5. The molecule has 0 bridgehead atoms. The maximum absolute atomic E-state index is 11.9. The molecule has 3 N–H and O–H groups in total. The van der Waals surface area contributed by atoms with Gasteiger partial charge in [0.05, 0.1) is 5.75 Å². The van der Waals surface area contributed by atoms with E-state index in [1.54, 1.807) is 42.5 Å². The van der Waals surface area contributed by atoms with Gasteiger partial charge in [-0.05, 0) is 24.6 Å². The van der Waals surface area contributed by atoms with Gasteiger partial charge < -0.3 is 10.6 Å². The van der Waals surface area contributed by atoms with Crippen LogP contribution in [0.2, 0.25) is 0 Å². The summed E-state index contributed by atoms with van der Waals surface area (Å²) in [6.45, 7) is 1.92. The van der Waals surface area contributed by atoms with E-state index in [0.29, 0.717) is 11.3 Å². The largest absolute Gasteiger partial charge is 0.347 e. The fraction of sp³-hybridized carbons (Fsp3) is 0.222. The second-order valence-electron chi connectivity index (χ2n) is 5.72. The van der Waals surface area contributed by atoms with E-state index >= 15 is 0 Å². The minimum absolute atomic E-state index is 0.00127. The molecule has 0 unspecified atom stereocenters. The van der Waals surface area contributed by atoms with Crippen LogP contribution in [0.4, 0.5) is 5.69 Å². The van der Waals surface area contributed by atoms with Gasteiger partial charge in [-0.2, -0.15) is 0 Å². The lowest BCUT2D eigenvalue weighted by Gasteiger charge is -2.09. The molecular formula is C18H21N3O4S. The van der Waals surface area contributed by atoms with Crippen molar-refractivity contribution in [2.75, 3.05) is 18.4 Å². The number of hydrogen-bond donors (Lipinski definition) is 3. The van der Waals surface area contributed by atoms with Crippen molar-refractivity contribution >= 4 is 27.5 Å². The molecule has 0 saturated carbocycles. The maximum atomic E-state index is 11.9. The molecule has 2 aromatic carbocycles. The second kappa shape index (κ2) is 9.12. The number of carbonyl (C=O) groups excluding carboxylic acids is 2. The van der Waals surface area contributed by atoms with Crippen LogP contribution < -0.4 is 15.4 Å². The zero-order valence-electron chi connectivity index (χ0n) is 14.4.